The molecule has 8 aromatic carbocycles. The van der Waals surface area contributed by atoms with E-state index in [2.05, 4.69) is 242 Å². The molecule has 0 saturated heterocycles. The fourth-order valence-corrected chi connectivity index (χ4v) is 12.5. The molecule has 0 N–H and O–H groups in total. The number of hydrogen-bond acceptors (Lipinski definition) is 3. The van der Waals surface area contributed by atoms with Crippen molar-refractivity contribution in [3.05, 3.63) is 191 Å². The zero-order valence-electron chi connectivity index (χ0n) is 41.8. The maximum absolute atomic E-state index is 7.19. The van der Waals surface area contributed by atoms with Crippen LogP contribution < -0.4 is 26.2 Å². The fourth-order valence-electron chi connectivity index (χ4n) is 12.5. The second-order valence-corrected chi connectivity index (χ2v) is 22.8. The topological polar surface area (TPSA) is 24.6 Å². The summed E-state index contributed by atoms with van der Waals surface area (Å²) in [7, 11) is 0. The van der Waals surface area contributed by atoms with Crippen molar-refractivity contribution < 1.29 is 4.42 Å². The average molecular weight is 896 g/mol. The van der Waals surface area contributed by atoms with Crippen molar-refractivity contribution in [2.45, 2.75) is 92.4 Å². The molecule has 1 aliphatic carbocycles. The van der Waals surface area contributed by atoms with E-state index in [0.29, 0.717) is 0 Å². The predicted molar refractivity (Wildman–Crippen MR) is 294 cm³/mol. The summed E-state index contributed by atoms with van der Waals surface area (Å²) in [6.45, 7) is 25.5. The summed E-state index contributed by atoms with van der Waals surface area (Å²) in [5.74, 6) is 0. The van der Waals surface area contributed by atoms with Crippen molar-refractivity contribution in [3.63, 3.8) is 0 Å². The number of hydrogen-bond donors (Lipinski definition) is 0. The number of nitrogens with zero attached hydrogens (tertiary/aromatic N) is 3. The molecule has 0 saturated carbocycles. The number of aryl methyl sites for hydroxylation is 3. The largest absolute Gasteiger partial charge is 0.454 e. The van der Waals surface area contributed by atoms with Gasteiger partial charge in [-0.3, -0.25) is 0 Å². The number of furan rings is 1. The number of fused-ring (bicyclic) bond motifs is 12. The lowest BCUT2D eigenvalue weighted by Gasteiger charge is -2.41. The molecule has 13 rings (SSSR count). The molecule has 0 fully saturated rings. The average Bonchev–Trinajstić information content (AvgIpc) is 3.95. The van der Waals surface area contributed by atoms with Crippen LogP contribution in [-0.2, 0) is 16.2 Å². The van der Waals surface area contributed by atoms with Gasteiger partial charge in [-0.1, -0.05) is 152 Å². The van der Waals surface area contributed by atoms with Crippen LogP contribution in [0.2, 0.25) is 0 Å². The van der Waals surface area contributed by atoms with Gasteiger partial charge >= 0.3 is 0 Å². The molecule has 0 amide bonds. The Bertz CT molecular complexity index is 3800. The second kappa shape index (κ2) is 14.2. The molecular weight excluding hydrogens is 838 g/mol. The number of rotatable bonds is 4. The predicted octanol–water partition coefficient (Wildman–Crippen LogP) is 15.4. The third-order valence-corrected chi connectivity index (χ3v) is 15.9. The monoisotopic (exact) mass is 895 g/mol. The van der Waals surface area contributed by atoms with Crippen LogP contribution in [0.5, 0.6) is 0 Å². The third-order valence-electron chi connectivity index (χ3n) is 15.9. The van der Waals surface area contributed by atoms with Gasteiger partial charge in [0, 0.05) is 66.8 Å². The SMILES string of the molecule is Cc1cc2c3c(c1)-n1c4c(c5cc(C(C)(C)C)cc(c51)B3c1ccc(N(c3ccccc3C)c3ccccc3C)cc1N2c1cccc2c1oc1cc(C(C)(C)C)ccc12)C(C)(C)c1ccccc1-4. The molecular formula is C64H58BN3O. The van der Waals surface area contributed by atoms with Crippen molar-refractivity contribution in [2.24, 2.45) is 0 Å². The van der Waals surface area contributed by atoms with Crippen LogP contribution in [0, 0.1) is 20.8 Å². The summed E-state index contributed by atoms with van der Waals surface area (Å²) in [5.41, 5.74) is 26.7. The molecule has 5 heteroatoms. The van der Waals surface area contributed by atoms with Gasteiger partial charge in [0.05, 0.1) is 11.4 Å². The zero-order chi connectivity index (χ0) is 47.6. The molecule has 2 aliphatic heterocycles. The fraction of sp³-hybridized carbons (Fsp3) is 0.219. The van der Waals surface area contributed by atoms with Gasteiger partial charge in [-0.25, -0.2) is 0 Å². The molecule has 3 aliphatic rings. The lowest BCUT2D eigenvalue weighted by Crippen LogP contribution is -2.60. The zero-order valence-corrected chi connectivity index (χ0v) is 41.8. The van der Waals surface area contributed by atoms with Crippen LogP contribution >= 0.6 is 0 Å². The van der Waals surface area contributed by atoms with Crippen LogP contribution in [0.1, 0.15) is 94.3 Å². The molecule has 0 atom stereocenters. The molecule has 4 nitrogen and oxygen atoms in total. The maximum Gasteiger partial charge on any atom is 0.252 e. The highest BCUT2D eigenvalue weighted by Gasteiger charge is 2.48. The van der Waals surface area contributed by atoms with Crippen molar-refractivity contribution >= 4 is 90.1 Å². The minimum atomic E-state index is -0.187. The molecule has 0 radical (unpaired) electrons. The first-order chi connectivity index (χ1) is 33.0. The summed E-state index contributed by atoms with van der Waals surface area (Å²) in [6, 6.07) is 57.6. The maximum atomic E-state index is 7.19. The highest BCUT2D eigenvalue weighted by atomic mass is 16.3. The Morgan fingerprint density at radius 3 is 1.94 bits per heavy atom. The van der Waals surface area contributed by atoms with Crippen LogP contribution in [0.3, 0.4) is 0 Å². The smallest absolute Gasteiger partial charge is 0.252 e. The van der Waals surface area contributed by atoms with Gasteiger partial charge in [-0.05, 0) is 142 Å². The molecule has 0 unspecified atom stereocenters. The second-order valence-electron chi connectivity index (χ2n) is 22.8. The minimum Gasteiger partial charge on any atom is -0.454 e. The standard InChI is InChI=1S/C64H58BN3O/c1-37-31-54-58-55(32-37)68-59-46(57-60(68)45-21-14-15-23-47(45)64(57,10)11)33-41(63(7,8)9)34-49(59)65(58)48-30-28-42(66(50-24-16-12-19-38(50)2)51-25-17-13-20-39(51)3)36-53(48)67(54)52-26-18-22-44-43-29-27-40(62(4,5)6)35-56(43)69-61(44)52/h12-36H,1-11H3. The Kier molecular flexibility index (Phi) is 8.61. The summed E-state index contributed by atoms with van der Waals surface area (Å²) >= 11 is 0. The quantitative estimate of drug-likeness (QED) is 0.165. The highest BCUT2D eigenvalue weighted by Crippen LogP contribution is 2.55. The van der Waals surface area contributed by atoms with E-state index in [1.807, 2.05) is 0 Å². The van der Waals surface area contributed by atoms with Crippen molar-refractivity contribution in [3.8, 4) is 16.9 Å². The van der Waals surface area contributed by atoms with Gasteiger partial charge in [-0.15, -0.1) is 0 Å². The summed E-state index contributed by atoms with van der Waals surface area (Å²) < 4.78 is 9.86. The van der Waals surface area contributed by atoms with E-state index in [1.54, 1.807) is 0 Å². The first-order valence-electron chi connectivity index (χ1n) is 24.8. The molecule has 0 spiro atoms. The number of benzene rings is 8. The number of aromatic nitrogens is 1. The van der Waals surface area contributed by atoms with Crippen LogP contribution in [0.4, 0.5) is 34.1 Å². The number of anilines is 6. The van der Waals surface area contributed by atoms with E-state index in [0.717, 1.165) is 50.4 Å². The molecule has 69 heavy (non-hydrogen) atoms. The Labute approximate surface area is 406 Å². The van der Waals surface area contributed by atoms with Gasteiger partial charge in [0.1, 0.15) is 5.58 Å². The van der Waals surface area contributed by atoms with Crippen LogP contribution in [0.15, 0.2) is 156 Å². The third kappa shape index (κ3) is 5.83. The summed E-state index contributed by atoms with van der Waals surface area (Å²) in [5, 5.41) is 3.63. The molecule has 0 bridgehead atoms. The lowest BCUT2D eigenvalue weighted by atomic mass is 9.33. The van der Waals surface area contributed by atoms with Crippen LogP contribution in [-0.4, -0.2) is 11.3 Å². The van der Waals surface area contributed by atoms with E-state index < -0.39 is 0 Å². The normalized spacial score (nSPS) is 14.4. The van der Waals surface area contributed by atoms with Gasteiger partial charge in [0.25, 0.3) is 6.71 Å². The van der Waals surface area contributed by atoms with E-state index in [9.17, 15) is 0 Å². The molecule has 2 aromatic heterocycles. The Hall–Kier alpha value is -7.24. The van der Waals surface area contributed by atoms with Gasteiger partial charge in [0.15, 0.2) is 5.58 Å². The first-order valence-corrected chi connectivity index (χ1v) is 24.8. The van der Waals surface area contributed by atoms with Crippen molar-refractivity contribution in [1.29, 1.82) is 0 Å². The van der Waals surface area contributed by atoms with Crippen molar-refractivity contribution in [2.75, 3.05) is 9.80 Å². The van der Waals surface area contributed by atoms with E-state index in [4.69, 9.17) is 4.42 Å². The Morgan fingerprint density at radius 1 is 0.551 bits per heavy atom. The Morgan fingerprint density at radius 2 is 1.23 bits per heavy atom. The lowest BCUT2D eigenvalue weighted by molar-refractivity contribution is 0.587. The summed E-state index contributed by atoms with van der Waals surface area (Å²) in [4.78, 5) is 5.02. The summed E-state index contributed by atoms with van der Waals surface area (Å²) in [6.07, 6.45) is 0. The molecule has 10 aromatic rings. The van der Waals surface area contributed by atoms with E-state index in [1.165, 1.54) is 88.9 Å². The van der Waals surface area contributed by atoms with Crippen molar-refractivity contribution in [1.82, 2.24) is 4.57 Å². The number of para-hydroxylation sites is 3. The minimum absolute atomic E-state index is 0.0170. The van der Waals surface area contributed by atoms with E-state index in [-0.39, 0.29) is 23.0 Å². The molecule has 4 heterocycles. The van der Waals surface area contributed by atoms with Gasteiger partial charge < -0.3 is 18.8 Å². The first kappa shape index (κ1) is 41.9. The van der Waals surface area contributed by atoms with Gasteiger partial charge in [-0.2, -0.15) is 0 Å². The van der Waals surface area contributed by atoms with Crippen LogP contribution in [0.25, 0.3) is 49.8 Å². The van der Waals surface area contributed by atoms with Gasteiger partial charge in [0.2, 0.25) is 0 Å². The Balaban J connectivity index is 1.17. The van der Waals surface area contributed by atoms with E-state index >= 15 is 0 Å². The highest BCUT2D eigenvalue weighted by molar-refractivity contribution is 7.00. The molecule has 338 valence electrons.